The summed E-state index contributed by atoms with van der Waals surface area (Å²) >= 11 is 3.31. The third kappa shape index (κ3) is 0.847. The van der Waals surface area contributed by atoms with E-state index in [4.69, 9.17) is 0 Å². The molecule has 0 unspecified atom stereocenters. The average Bonchev–Trinajstić information content (AvgIpc) is 2.27. The fourth-order valence-corrected chi connectivity index (χ4v) is 1.42. The molecule has 1 aromatic carbocycles. The fraction of sp³-hybridized carbons (Fsp3) is 0. The number of fused-ring (bicyclic) bond motifs is 1. The second-order valence-electron chi connectivity index (χ2n) is 2.14. The topological polar surface area (TPSA) is 14.1 Å². The zero-order valence-corrected chi connectivity index (χ0v) is 6.80. The quantitative estimate of drug-likeness (QED) is 0.565. The van der Waals surface area contributed by atoms with Crippen LogP contribution in [0.3, 0.4) is 0 Å². The molecule has 1 aromatic rings. The van der Waals surface area contributed by atoms with Gasteiger partial charge in [-0.05, 0) is 28.1 Å². The molecule has 0 aliphatic carbocycles. The largest absolute Gasteiger partial charge is 0.241 e. The number of para-hydroxylation sites is 1. The van der Waals surface area contributed by atoms with Gasteiger partial charge in [-0.1, -0.05) is 18.2 Å². The molecule has 1 radical (unpaired) electrons. The first-order chi connectivity index (χ1) is 4.86. The van der Waals surface area contributed by atoms with Gasteiger partial charge in [0.25, 0.3) is 0 Å². The summed E-state index contributed by atoms with van der Waals surface area (Å²) in [6.07, 6.45) is 2.01. The maximum absolute atomic E-state index is 4.23. The van der Waals surface area contributed by atoms with Gasteiger partial charge in [0.15, 0.2) is 0 Å². The summed E-state index contributed by atoms with van der Waals surface area (Å²) in [5.41, 5.74) is 2.24. The van der Waals surface area contributed by atoms with Crippen LogP contribution in [-0.2, 0) is 0 Å². The normalized spacial score (nSPS) is 13.9. The molecule has 1 heterocycles. The molecule has 0 atom stereocenters. The Balaban J connectivity index is 2.54. The molecule has 0 saturated carbocycles. The van der Waals surface area contributed by atoms with Crippen LogP contribution in [0.15, 0.2) is 28.9 Å². The summed E-state index contributed by atoms with van der Waals surface area (Å²) in [6, 6.07) is 8.05. The van der Waals surface area contributed by atoms with Crippen LogP contribution in [0.25, 0.3) is 6.08 Å². The van der Waals surface area contributed by atoms with Crippen LogP contribution in [0, 0.1) is 0 Å². The summed E-state index contributed by atoms with van der Waals surface area (Å²) in [4.78, 5) is 0. The second kappa shape index (κ2) is 2.13. The van der Waals surface area contributed by atoms with Crippen LogP contribution >= 0.6 is 15.9 Å². The van der Waals surface area contributed by atoms with Crippen molar-refractivity contribution in [1.29, 1.82) is 0 Å². The minimum Gasteiger partial charge on any atom is -0.241 e. The summed E-state index contributed by atoms with van der Waals surface area (Å²) in [6.45, 7) is 0. The van der Waals surface area contributed by atoms with E-state index in [1.54, 1.807) is 0 Å². The van der Waals surface area contributed by atoms with E-state index in [0.717, 1.165) is 10.3 Å². The smallest absolute Gasteiger partial charge is 0.107 e. The molecule has 0 fully saturated rings. The molecule has 0 aromatic heterocycles. The van der Waals surface area contributed by atoms with Crippen LogP contribution < -0.4 is 5.32 Å². The lowest BCUT2D eigenvalue weighted by Gasteiger charge is -1.93. The summed E-state index contributed by atoms with van der Waals surface area (Å²) in [5.74, 6) is 0. The Morgan fingerprint density at radius 1 is 1.20 bits per heavy atom. The van der Waals surface area contributed by atoms with Crippen molar-refractivity contribution in [3.05, 3.63) is 34.4 Å². The van der Waals surface area contributed by atoms with Crippen molar-refractivity contribution in [2.24, 2.45) is 0 Å². The van der Waals surface area contributed by atoms with Crippen molar-refractivity contribution in [3.8, 4) is 0 Å². The maximum Gasteiger partial charge on any atom is 0.107 e. The average molecular weight is 195 g/mol. The predicted molar refractivity (Wildman–Crippen MR) is 45.1 cm³/mol. The molecule has 2 heteroatoms. The minimum absolute atomic E-state index is 0.911. The van der Waals surface area contributed by atoms with Crippen LogP contribution in [0.2, 0.25) is 0 Å². The molecule has 0 spiro atoms. The lowest BCUT2D eigenvalue weighted by atomic mass is 10.2. The molecular formula is C8H5BrN. The Morgan fingerprint density at radius 2 is 2.00 bits per heavy atom. The van der Waals surface area contributed by atoms with Crippen molar-refractivity contribution in [3.63, 3.8) is 0 Å². The lowest BCUT2D eigenvalue weighted by Crippen LogP contribution is -1.83. The predicted octanol–water partition coefficient (Wildman–Crippen LogP) is 2.63. The van der Waals surface area contributed by atoms with Crippen LogP contribution in [0.1, 0.15) is 5.56 Å². The van der Waals surface area contributed by atoms with E-state index >= 15 is 0 Å². The minimum atomic E-state index is 0.911. The van der Waals surface area contributed by atoms with Crippen LogP contribution in [0.4, 0.5) is 5.69 Å². The number of halogens is 1. The highest BCUT2D eigenvalue weighted by atomic mass is 79.9. The fourth-order valence-electron chi connectivity index (χ4n) is 0.987. The number of rotatable bonds is 0. The Labute approximate surface area is 67.9 Å². The molecular weight excluding hydrogens is 190 g/mol. The van der Waals surface area contributed by atoms with E-state index < -0.39 is 0 Å². The van der Waals surface area contributed by atoms with Gasteiger partial charge in [-0.15, -0.1) is 0 Å². The van der Waals surface area contributed by atoms with Gasteiger partial charge in [-0.3, -0.25) is 0 Å². The van der Waals surface area contributed by atoms with E-state index in [1.807, 2.05) is 30.3 Å². The number of nitrogens with zero attached hydrogens (tertiary/aromatic N) is 1. The first-order valence-corrected chi connectivity index (χ1v) is 3.83. The van der Waals surface area contributed by atoms with Gasteiger partial charge in [0.1, 0.15) is 4.61 Å². The highest BCUT2D eigenvalue weighted by Gasteiger charge is 2.08. The first kappa shape index (κ1) is 5.98. The summed E-state index contributed by atoms with van der Waals surface area (Å²) in [7, 11) is 0. The van der Waals surface area contributed by atoms with E-state index in [9.17, 15) is 0 Å². The van der Waals surface area contributed by atoms with E-state index in [-0.39, 0.29) is 0 Å². The van der Waals surface area contributed by atoms with Gasteiger partial charge >= 0.3 is 0 Å². The van der Waals surface area contributed by atoms with Crippen LogP contribution in [-0.4, -0.2) is 0 Å². The van der Waals surface area contributed by atoms with Gasteiger partial charge in [-0.2, -0.15) is 0 Å². The van der Waals surface area contributed by atoms with Gasteiger partial charge in [0, 0.05) is 5.56 Å². The van der Waals surface area contributed by atoms with Gasteiger partial charge in [0.05, 0.1) is 5.69 Å². The zero-order valence-electron chi connectivity index (χ0n) is 5.21. The summed E-state index contributed by atoms with van der Waals surface area (Å²) < 4.78 is 0.911. The molecule has 0 bridgehead atoms. The van der Waals surface area contributed by atoms with Crippen molar-refractivity contribution in [2.45, 2.75) is 0 Å². The zero-order chi connectivity index (χ0) is 6.97. The van der Waals surface area contributed by atoms with Crippen molar-refractivity contribution in [1.82, 2.24) is 5.32 Å². The molecule has 0 N–H and O–H groups in total. The molecule has 10 heavy (non-hydrogen) atoms. The molecule has 0 saturated heterocycles. The Bertz CT molecular complexity index is 291. The monoisotopic (exact) mass is 194 g/mol. The third-order valence-electron chi connectivity index (χ3n) is 1.44. The Kier molecular flexibility index (Phi) is 1.27. The first-order valence-electron chi connectivity index (χ1n) is 3.04. The highest BCUT2D eigenvalue weighted by molar-refractivity contribution is 9.11. The standard InChI is InChI=1S/C8H5BrN/c9-8-5-6-3-1-2-4-7(6)10-8/h1-5H. The van der Waals surface area contributed by atoms with Crippen molar-refractivity contribution in [2.75, 3.05) is 0 Å². The second-order valence-corrected chi connectivity index (χ2v) is 2.95. The number of hydrogen-bond acceptors (Lipinski definition) is 0. The molecule has 0 amide bonds. The van der Waals surface area contributed by atoms with Gasteiger partial charge in [0.2, 0.25) is 0 Å². The molecule has 49 valence electrons. The third-order valence-corrected chi connectivity index (χ3v) is 1.84. The number of hydrogen-bond donors (Lipinski definition) is 0. The Morgan fingerprint density at radius 3 is 2.80 bits per heavy atom. The lowest BCUT2D eigenvalue weighted by molar-refractivity contribution is 1.20. The Hall–Kier alpha value is -0.760. The molecule has 1 aliphatic rings. The molecule has 2 rings (SSSR count). The van der Waals surface area contributed by atoms with Gasteiger partial charge < -0.3 is 0 Å². The highest BCUT2D eigenvalue weighted by Crippen LogP contribution is 2.28. The SMILES string of the molecule is BrC1=Cc2ccccc2[N]1. The van der Waals surface area contributed by atoms with E-state index in [0.29, 0.717) is 0 Å². The van der Waals surface area contributed by atoms with Crippen molar-refractivity contribution < 1.29 is 0 Å². The van der Waals surface area contributed by atoms with Crippen molar-refractivity contribution >= 4 is 27.7 Å². The molecule has 1 aliphatic heterocycles. The molecule has 1 nitrogen and oxygen atoms in total. The van der Waals surface area contributed by atoms with Crippen LogP contribution in [0.5, 0.6) is 0 Å². The van der Waals surface area contributed by atoms with E-state index in [2.05, 4.69) is 21.2 Å². The maximum atomic E-state index is 4.23. The summed E-state index contributed by atoms with van der Waals surface area (Å²) in [5, 5.41) is 4.23. The van der Waals surface area contributed by atoms with Gasteiger partial charge in [-0.25, -0.2) is 5.32 Å². The van der Waals surface area contributed by atoms with E-state index in [1.165, 1.54) is 5.56 Å². The number of benzene rings is 1.